The van der Waals surface area contributed by atoms with Gasteiger partial charge >= 0.3 is 0 Å². The van der Waals surface area contributed by atoms with E-state index in [1.807, 2.05) is 17.7 Å². The summed E-state index contributed by atoms with van der Waals surface area (Å²) in [6, 6.07) is 4.41. The van der Waals surface area contributed by atoms with Gasteiger partial charge in [-0.15, -0.1) is 5.10 Å². The molecule has 0 radical (unpaired) electrons. The molecule has 0 aliphatic carbocycles. The monoisotopic (exact) mass is 384 g/mol. The summed E-state index contributed by atoms with van der Waals surface area (Å²) in [5.74, 6) is -0.527. The molecule has 1 amide bonds. The van der Waals surface area contributed by atoms with Crippen molar-refractivity contribution in [2.45, 2.75) is 32.4 Å². The third-order valence-corrected chi connectivity index (χ3v) is 4.90. The van der Waals surface area contributed by atoms with Crippen LogP contribution in [0.1, 0.15) is 31.7 Å². The second-order valence-electron chi connectivity index (χ2n) is 6.61. The number of hydrogen-bond acceptors (Lipinski definition) is 5. The van der Waals surface area contributed by atoms with E-state index >= 15 is 0 Å². The molecule has 1 saturated heterocycles. The third-order valence-electron chi connectivity index (χ3n) is 4.90. The zero-order valence-corrected chi connectivity index (χ0v) is 15.5. The zero-order chi connectivity index (χ0) is 19.5. The molecule has 3 heterocycles. The highest BCUT2D eigenvalue weighted by atomic mass is 19.1. The smallest absolute Gasteiger partial charge is 0.230 e. The molecule has 28 heavy (non-hydrogen) atoms. The van der Waals surface area contributed by atoms with Gasteiger partial charge in [-0.2, -0.15) is 0 Å². The predicted molar refractivity (Wildman–Crippen MR) is 99.3 cm³/mol. The predicted octanol–water partition coefficient (Wildman–Crippen LogP) is 2.73. The van der Waals surface area contributed by atoms with Gasteiger partial charge in [0.05, 0.1) is 29.7 Å². The maximum absolute atomic E-state index is 14.3. The molecule has 8 nitrogen and oxygen atoms in total. The summed E-state index contributed by atoms with van der Waals surface area (Å²) in [5.41, 5.74) is 0.702. The van der Waals surface area contributed by atoms with E-state index in [0.717, 1.165) is 18.8 Å². The fourth-order valence-corrected chi connectivity index (χ4v) is 3.47. The molecule has 0 bridgehead atoms. The molecule has 2 atom stereocenters. The van der Waals surface area contributed by atoms with Crippen molar-refractivity contribution in [2.24, 2.45) is 5.92 Å². The lowest BCUT2D eigenvalue weighted by molar-refractivity contribution is -0.130. The highest BCUT2D eigenvalue weighted by Gasteiger charge is 2.36. The fraction of sp³-hybridized carbons (Fsp3) is 0.368. The van der Waals surface area contributed by atoms with Gasteiger partial charge in [0.15, 0.2) is 0 Å². The Morgan fingerprint density at radius 2 is 2.25 bits per heavy atom. The van der Waals surface area contributed by atoms with E-state index in [4.69, 9.17) is 4.74 Å². The maximum atomic E-state index is 14.3. The molecule has 2 aromatic heterocycles. The van der Waals surface area contributed by atoms with E-state index in [1.165, 1.54) is 23.0 Å². The third kappa shape index (κ3) is 3.53. The minimum Gasteiger partial charge on any atom is -0.369 e. The van der Waals surface area contributed by atoms with Crippen LogP contribution in [0.15, 0.2) is 43.0 Å². The van der Waals surface area contributed by atoms with Gasteiger partial charge in [0.1, 0.15) is 17.7 Å². The number of aromatic nitrogens is 5. The number of hydrogen-bond donors (Lipinski definition) is 1. The Labute approximate surface area is 161 Å². The van der Waals surface area contributed by atoms with Gasteiger partial charge in [0, 0.05) is 25.5 Å². The molecule has 1 fully saturated rings. The van der Waals surface area contributed by atoms with Gasteiger partial charge in [-0.05, 0) is 38.0 Å². The van der Waals surface area contributed by atoms with Crippen LogP contribution in [0, 0.1) is 11.7 Å². The highest BCUT2D eigenvalue weighted by molar-refractivity contribution is 5.93. The van der Waals surface area contributed by atoms with Gasteiger partial charge < -0.3 is 14.6 Å². The Balaban J connectivity index is 1.57. The fourth-order valence-electron chi connectivity index (χ4n) is 3.47. The van der Waals surface area contributed by atoms with Crippen LogP contribution >= 0.6 is 0 Å². The number of carbonyl (C=O) groups excluding carboxylic acids is 1. The SMILES string of the molecule is CCn1ccnc1[C@@H]1OCCC[C@H]1C(=O)Nc1cc(-n2ccnn2)ccc1F. The van der Waals surface area contributed by atoms with Crippen LogP contribution in [-0.2, 0) is 16.1 Å². The Kier molecular flexibility index (Phi) is 5.16. The molecule has 1 aliphatic heterocycles. The summed E-state index contributed by atoms with van der Waals surface area (Å²) < 4.78 is 23.7. The average Bonchev–Trinajstić information content (AvgIpc) is 3.41. The maximum Gasteiger partial charge on any atom is 0.230 e. The van der Waals surface area contributed by atoms with Crippen LogP contribution in [0.25, 0.3) is 5.69 Å². The highest BCUT2D eigenvalue weighted by Crippen LogP contribution is 2.34. The van der Waals surface area contributed by atoms with Crippen molar-refractivity contribution in [3.05, 3.63) is 54.6 Å². The molecular weight excluding hydrogens is 363 g/mol. The Hall–Kier alpha value is -3.07. The molecule has 1 aliphatic rings. The van der Waals surface area contributed by atoms with Gasteiger partial charge in [-0.25, -0.2) is 14.1 Å². The first kappa shape index (κ1) is 18.3. The summed E-state index contributed by atoms with van der Waals surface area (Å²) in [6.07, 6.45) is 7.71. The minimum atomic E-state index is -0.513. The van der Waals surface area contributed by atoms with E-state index in [-0.39, 0.29) is 11.6 Å². The molecule has 9 heteroatoms. The molecule has 3 aromatic rings. The Bertz CT molecular complexity index is 955. The number of halogens is 1. The molecule has 1 N–H and O–H groups in total. The van der Waals surface area contributed by atoms with E-state index in [2.05, 4.69) is 20.6 Å². The first-order valence-corrected chi connectivity index (χ1v) is 9.27. The lowest BCUT2D eigenvalue weighted by Gasteiger charge is -2.30. The molecular formula is C19H21FN6O2. The number of rotatable bonds is 5. The van der Waals surface area contributed by atoms with Gasteiger partial charge in [-0.3, -0.25) is 4.79 Å². The number of anilines is 1. The zero-order valence-electron chi connectivity index (χ0n) is 15.5. The number of carbonyl (C=O) groups is 1. The summed E-state index contributed by atoms with van der Waals surface area (Å²) in [4.78, 5) is 17.4. The number of nitrogens with one attached hydrogen (secondary N) is 1. The minimum absolute atomic E-state index is 0.0983. The quantitative estimate of drug-likeness (QED) is 0.731. The van der Waals surface area contributed by atoms with Gasteiger partial charge in [0.25, 0.3) is 0 Å². The largest absolute Gasteiger partial charge is 0.369 e. The number of aryl methyl sites for hydroxylation is 1. The van der Waals surface area contributed by atoms with Crippen molar-refractivity contribution in [3.8, 4) is 5.69 Å². The summed E-state index contributed by atoms with van der Waals surface area (Å²) in [7, 11) is 0. The number of benzene rings is 1. The number of nitrogens with zero attached hydrogens (tertiary/aromatic N) is 5. The topological polar surface area (TPSA) is 86.9 Å². The number of ether oxygens (including phenoxy) is 1. The van der Waals surface area contributed by atoms with Crippen molar-refractivity contribution in [3.63, 3.8) is 0 Å². The Morgan fingerprint density at radius 1 is 1.36 bits per heavy atom. The number of imidazole rings is 1. The lowest BCUT2D eigenvalue weighted by atomic mass is 9.92. The van der Waals surface area contributed by atoms with E-state index in [0.29, 0.717) is 18.7 Å². The van der Waals surface area contributed by atoms with Crippen molar-refractivity contribution in [1.29, 1.82) is 0 Å². The van der Waals surface area contributed by atoms with Gasteiger partial charge in [-0.1, -0.05) is 5.21 Å². The van der Waals surface area contributed by atoms with E-state index < -0.39 is 17.8 Å². The molecule has 146 valence electrons. The van der Waals surface area contributed by atoms with Crippen molar-refractivity contribution in [2.75, 3.05) is 11.9 Å². The standard InChI is InChI=1S/C19H21FN6O2/c1-2-25-9-7-21-18(25)17-14(4-3-11-28-17)19(27)23-16-12-13(5-6-15(16)20)26-10-8-22-24-26/h5-10,12,14,17H,2-4,11H2,1H3,(H,23,27)/t14-,17-/m1/s1. The van der Waals surface area contributed by atoms with Crippen molar-refractivity contribution >= 4 is 11.6 Å². The van der Waals surface area contributed by atoms with Crippen LogP contribution in [0.2, 0.25) is 0 Å². The normalized spacial score (nSPS) is 19.5. The molecule has 1 aromatic carbocycles. The van der Waals surface area contributed by atoms with Crippen LogP contribution in [0.4, 0.5) is 10.1 Å². The lowest BCUT2D eigenvalue weighted by Crippen LogP contribution is -2.34. The van der Waals surface area contributed by atoms with Crippen molar-refractivity contribution in [1.82, 2.24) is 24.5 Å². The van der Waals surface area contributed by atoms with Crippen molar-refractivity contribution < 1.29 is 13.9 Å². The molecule has 4 rings (SSSR count). The van der Waals surface area contributed by atoms with Crippen LogP contribution < -0.4 is 5.32 Å². The van der Waals surface area contributed by atoms with Crippen LogP contribution in [0.3, 0.4) is 0 Å². The second kappa shape index (κ2) is 7.89. The molecule has 0 unspecified atom stereocenters. The molecule has 0 spiro atoms. The van der Waals surface area contributed by atoms with Crippen LogP contribution in [0.5, 0.6) is 0 Å². The first-order valence-electron chi connectivity index (χ1n) is 9.27. The van der Waals surface area contributed by atoms with E-state index in [9.17, 15) is 9.18 Å². The summed E-state index contributed by atoms with van der Waals surface area (Å²) in [5, 5.41) is 10.4. The average molecular weight is 384 g/mol. The van der Waals surface area contributed by atoms with Crippen LogP contribution in [-0.4, -0.2) is 37.1 Å². The van der Waals surface area contributed by atoms with Gasteiger partial charge in [0.2, 0.25) is 5.91 Å². The molecule has 0 saturated carbocycles. The first-order chi connectivity index (χ1) is 13.7. The summed E-state index contributed by atoms with van der Waals surface area (Å²) >= 11 is 0. The second-order valence-corrected chi connectivity index (χ2v) is 6.61. The van der Waals surface area contributed by atoms with E-state index in [1.54, 1.807) is 18.5 Å². The Morgan fingerprint density at radius 3 is 3.04 bits per heavy atom. The summed E-state index contributed by atoms with van der Waals surface area (Å²) in [6.45, 7) is 3.31. The number of amides is 1.